The largest absolute Gasteiger partial charge is 0.0988 e. The molecule has 0 aliphatic rings. The van der Waals surface area contributed by atoms with Crippen LogP contribution in [0.4, 0.5) is 0 Å². The van der Waals surface area contributed by atoms with Crippen LogP contribution >= 0.6 is 0 Å². The molecular weight excluding hydrogens is 240 g/mol. The van der Waals surface area contributed by atoms with Crippen molar-refractivity contribution in [3.63, 3.8) is 0 Å². The standard InChI is InChI=1S/C18H26.C2H6/c1-5-8-12-15-18(7-3,16(4)6-2)17-13-10-9-11-14-17;1-2/h6,9-11,13-14H,2,4-5,7-8,12,15H2,1,3H3;1-2H3. The quantitative estimate of drug-likeness (QED) is 0.365. The van der Waals surface area contributed by atoms with Crippen LogP contribution in [0.2, 0.25) is 0 Å². The Labute approximate surface area is 126 Å². The summed E-state index contributed by atoms with van der Waals surface area (Å²) in [4.78, 5) is 0. The molecule has 0 saturated heterocycles. The van der Waals surface area contributed by atoms with E-state index in [2.05, 4.69) is 57.3 Å². The predicted octanol–water partition coefficient (Wildman–Crippen LogP) is 6.68. The molecule has 0 nitrogen and oxygen atoms in total. The van der Waals surface area contributed by atoms with Gasteiger partial charge in [0.2, 0.25) is 0 Å². The molecule has 0 aromatic heterocycles. The highest BCUT2D eigenvalue weighted by atomic mass is 14.3. The summed E-state index contributed by atoms with van der Waals surface area (Å²) >= 11 is 0. The summed E-state index contributed by atoms with van der Waals surface area (Å²) in [5.41, 5.74) is 2.62. The van der Waals surface area contributed by atoms with Crippen molar-refractivity contribution in [3.05, 3.63) is 60.7 Å². The Hall–Kier alpha value is -1.30. The van der Waals surface area contributed by atoms with Gasteiger partial charge in [-0.15, -0.1) is 0 Å². The molecule has 0 heteroatoms. The highest BCUT2D eigenvalue weighted by Crippen LogP contribution is 2.40. The molecule has 1 aromatic rings. The molecular formula is C20H32. The predicted molar refractivity (Wildman–Crippen MR) is 93.2 cm³/mol. The van der Waals surface area contributed by atoms with Crippen molar-refractivity contribution in [3.8, 4) is 0 Å². The number of hydrogen-bond acceptors (Lipinski definition) is 0. The first kappa shape index (κ1) is 18.7. The Morgan fingerprint density at radius 2 is 1.70 bits per heavy atom. The summed E-state index contributed by atoms with van der Waals surface area (Å²) in [5.74, 6) is 0. The molecule has 0 aliphatic carbocycles. The van der Waals surface area contributed by atoms with Gasteiger partial charge in [-0.1, -0.05) is 96.5 Å². The van der Waals surface area contributed by atoms with Gasteiger partial charge >= 0.3 is 0 Å². The van der Waals surface area contributed by atoms with Gasteiger partial charge in [-0.05, 0) is 24.0 Å². The van der Waals surface area contributed by atoms with E-state index in [9.17, 15) is 0 Å². The topological polar surface area (TPSA) is 0 Å². The van der Waals surface area contributed by atoms with Crippen LogP contribution in [-0.2, 0) is 5.41 Å². The first-order valence-electron chi connectivity index (χ1n) is 8.08. The summed E-state index contributed by atoms with van der Waals surface area (Å²) in [6, 6.07) is 10.8. The number of allylic oxidation sites excluding steroid dienone is 2. The molecule has 1 atom stereocenters. The maximum atomic E-state index is 4.25. The molecule has 0 amide bonds. The van der Waals surface area contributed by atoms with Gasteiger partial charge in [-0.25, -0.2) is 0 Å². The van der Waals surface area contributed by atoms with Gasteiger partial charge < -0.3 is 0 Å². The van der Waals surface area contributed by atoms with E-state index in [4.69, 9.17) is 0 Å². The van der Waals surface area contributed by atoms with Crippen LogP contribution in [0.1, 0.15) is 65.4 Å². The third kappa shape index (κ3) is 4.67. The third-order valence-electron chi connectivity index (χ3n) is 4.00. The van der Waals surface area contributed by atoms with Gasteiger partial charge in [0, 0.05) is 5.41 Å². The van der Waals surface area contributed by atoms with Crippen molar-refractivity contribution in [2.24, 2.45) is 0 Å². The zero-order chi connectivity index (χ0) is 15.4. The summed E-state index contributed by atoms with van der Waals surface area (Å²) in [5, 5.41) is 0. The molecule has 0 aliphatic heterocycles. The van der Waals surface area contributed by atoms with Crippen molar-refractivity contribution >= 4 is 0 Å². The molecule has 0 bridgehead atoms. The second-order valence-electron chi connectivity index (χ2n) is 4.99. The van der Waals surface area contributed by atoms with Crippen molar-refractivity contribution in [1.29, 1.82) is 0 Å². The van der Waals surface area contributed by atoms with Crippen molar-refractivity contribution in [2.45, 2.75) is 65.2 Å². The molecule has 0 radical (unpaired) electrons. The Morgan fingerprint density at radius 3 is 2.15 bits per heavy atom. The smallest absolute Gasteiger partial charge is 0.0194 e. The van der Waals surface area contributed by atoms with Crippen LogP contribution in [0.15, 0.2) is 55.1 Å². The van der Waals surface area contributed by atoms with E-state index in [0.717, 1.165) is 12.0 Å². The fraction of sp³-hybridized carbons (Fsp3) is 0.500. The lowest BCUT2D eigenvalue weighted by atomic mass is 9.69. The van der Waals surface area contributed by atoms with Crippen LogP contribution in [-0.4, -0.2) is 0 Å². The molecule has 0 heterocycles. The van der Waals surface area contributed by atoms with Crippen molar-refractivity contribution in [2.75, 3.05) is 0 Å². The first-order chi connectivity index (χ1) is 9.71. The van der Waals surface area contributed by atoms with E-state index >= 15 is 0 Å². The van der Waals surface area contributed by atoms with Crippen LogP contribution < -0.4 is 0 Å². The number of rotatable bonds is 8. The van der Waals surface area contributed by atoms with Gasteiger partial charge in [0.15, 0.2) is 0 Å². The Bertz CT molecular complexity index is 374. The summed E-state index contributed by atoms with van der Waals surface area (Å²) < 4.78 is 0. The highest BCUT2D eigenvalue weighted by Gasteiger charge is 2.31. The van der Waals surface area contributed by atoms with E-state index in [1.54, 1.807) is 0 Å². The van der Waals surface area contributed by atoms with E-state index < -0.39 is 0 Å². The van der Waals surface area contributed by atoms with E-state index in [1.807, 2.05) is 19.9 Å². The zero-order valence-corrected chi connectivity index (χ0v) is 13.9. The van der Waals surface area contributed by atoms with E-state index in [1.165, 1.54) is 31.2 Å². The molecule has 0 saturated carbocycles. The number of benzene rings is 1. The third-order valence-corrected chi connectivity index (χ3v) is 4.00. The first-order valence-corrected chi connectivity index (χ1v) is 8.08. The van der Waals surface area contributed by atoms with Crippen LogP contribution in [0.3, 0.4) is 0 Å². The lowest BCUT2D eigenvalue weighted by molar-refractivity contribution is 0.431. The van der Waals surface area contributed by atoms with Gasteiger partial charge in [0.1, 0.15) is 0 Å². The monoisotopic (exact) mass is 272 g/mol. The van der Waals surface area contributed by atoms with Crippen LogP contribution in [0, 0.1) is 0 Å². The maximum Gasteiger partial charge on any atom is 0.0194 e. The Balaban J connectivity index is 0.00000172. The van der Waals surface area contributed by atoms with Crippen molar-refractivity contribution in [1.82, 2.24) is 0 Å². The molecule has 1 aromatic carbocycles. The van der Waals surface area contributed by atoms with E-state index in [0.29, 0.717) is 0 Å². The molecule has 20 heavy (non-hydrogen) atoms. The molecule has 1 unspecified atom stereocenters. The average Bonchev–Trinajstić information content (AvgIpc) is 2.54. The lowest BCUT2D eigenvalue weighted by Crippen LogP contribution is -2.26. The number of hydrogen-bond donors (Lipinski definition) is 0. The van der Waals surface area contributed by atoms with Crippen LogP contribution in [0.25, 0.3) is 0 Å². The van der Waals surface area contributed by atoms with Crippen LogP contribution in [0.5, 0.6) is 0 Å². The minimum absolute atomic E-state index is 0.0815. The fourth-order valence-corrected chi connectivity index (χ4v) is 2.73. The van der Waals surface area contributed by atoms with Gasteiger partial charge in [-0.3, -0.25) is 0 Å². The molecule has 0 spiro atoms. The molecule has 112 valence electrons. The van der Waals surface area contributed by atoms with Gasteiger partial charge in [0.05, 0.1) is 0 Å². The second-order valence-corrected chi connectivity index (χ2v) is 4.99. The van der Waals surface area contributed by atoms with Crippen molar-refractivity contribution < 1.29 is 0 Å². The van der Waals surface area contributed by atoms with E-state index in [-0.39, 0.29) is 5.41 Å². The fourth-order valence-electron chi connectivity index (χ4n) is 2.73. The van der Waals surface area contributed by atoms with Gasteiger partial charge in [-0.2, -0.15) is 0 Å². The zero-order valence-electron chi connectivity index (χ0n) is 13.9. The Kier molecular flexibility index (Phi) is 9.80. The number of unbranched alkanes of at least 4 members (excludes halogenated alkanes) is 2. The minimum atomic E-state index is 0.0815. The summed E-state index contributed by atoms with van der Waals surface area (Å²) in [6.45, 7) is 16.7. The molecule has 1 rings (SSSR count). The second kappa shape index (κ2) is 10.5. The molecule has 0 N–H and O–H groups in total. The molecule has 0 fully saturated rings. The maximum absolute atomic E-state index is 4.25. The lowest BCUT2D eigenvalue weighted by Gasteiger charge is -2.34. The normalized spacial score (nSPS) is 12.8. The Morgan fingerprint density at radius 1 is 1.10 bits per heavy atom. The SMILES string of the molecule is C=CC(=C)C(CC)(CCCCC)c1ccccc1.CC. The summed E-state index contributed by atoms with van der Waals surface area (Å²) in [6.07, 6.45) is 8.00. The highest BCUT2D eigenvalue weighted by molar-refractivity contribution is 5.39. The van der Waals surface area contributed by atoms with Gasteiger partial charge in [0.25, 0.3) is 0 Å². The summed E-state index contributed by atoms with van der Waals surface area (Å²) in [7, 11) is 0. The minimum Gasteiger partial charge on any atom is -0.0988 e. The average molecular weight is 272 g/mol.